The summed E-state index contributed by atoms with van der Waals surface area (Å²) >= 11 is 0. The highest BCUT2D eigenvalue weighted by atomic mass is 35.5. The van der Waals surface area contributed by atoms with E-state index < -0.39 is 0 Å². The predicted octanol–water partition coefficient (Wildman–Crippen LogP) is 1.01. The summed E-state index contributed by atoms with van der Waals surface area (Å²) in [6.07, 6.45) is 0.594. The average molecular weight is 313 g/mol. The van der Waals surface area contributed by atoms with Crippen molar-refractivity contribution in [2.45, 2.75) is 6.42 Å². The number of amides is 1. The van der Waals surface area contributed by atoms with Crippen molar-refractivity contribution in [2.75, 3.05) is 19.6 Å². The van der Waals surface area contributed by atoms with E-state index in [0.717, 1.165) is 24.4 Å². The lowest BCUT2D eigenvalue weighted by atomic mass is 10.0. The summed E-state index contributed by atoms with van der Waals surface area (Å²) in [6.45, 7) is 2.03. The quantitative estimate of drug-likeness (QED) is 0.886. The largest absolute Gasteiger partial charge is 0.355 e. The van der Waals surface area contributed by atoms with Crippen molar-refractivity contribution in [3.63, 3.8) is 0 Å². The van der Waals surface area contributed by atoms with Crippen molar-refractivity contribution in [1.29, 1.82) is 0 Å². The minimum Gasteiger partial charge on any atom is -0.355 e. The molecule has 2 aromatic rings. The van der Waals surface area contributed by atoms with Gasteiger partial charge in [-0.05, 0) is 12.1 Å². The van der Waals surface area contributed by atoms with Crippen LogP contribution in [0.4, 0.5) is 4.39 Å². The molecule has 0 spiro atoms. The molecule has 1 aromatic heterocycles. The fourth-order valence-corrected chi connectivity index (χ4v) is 2.37. The topological polar surface area (TPSA) is 59.0 Å². The third-order valence-electron chi connectivity index (χ3n) is 3.75. The van der Waals surface area contributed by atoms with Crippen LogP contribution in [0.25, 0.3) is 11.0 Å². The number of hydrogen-bond donors (Lipinski definition) is 2. The van der Waals surface area contributed by atoms with Crippen molar-refractivity contribution in [3.8, 4) is 0 Å². The SMILES string of the molecule is Cl.Cn1c(CCNC(=O)C2CNC2)nc2c(F)cccc21. The highest BCUT2D eigenvalue weighted by molar-refractivity contribution is 5.85. The number of aryl methyl sites for hydroxylation is 1. The van der Waals surface area contributed by atoms with Crippen LogP contribution in [0.1, 0.15) is 5.82 Å². The molecular weight excluding hydrogens is 295 g/mol. The Morgan fingerprint density at radius 3 is 2.90 bits per heavy atom. The van der Waals surface area contributed by atoms with Gasteiger partial charge in [-0.15, -0.1) is 12.4 Å². The lowest BCUT2D eigenvalue weighted by Gasteiger charge is -2.25. The van der Waals surface area contributed by atoms with Crippen LogP contribution < -0.4 is 10.6 Å². The van der Waals surface area contributed by atoms with Gasteiger partial charge < -0.3 is 15.2 Å². The molecule has 0 bridgehead atoms. The Hall–Kier alpha value is -1.66. The zero-order valence-electron chi connectivity index (χ0n) is 11.7. The summed E-state index contributed by atoms with van der Waals surface area (Å²) in [7, 11) is 1.86. The molecule has 5 nitrogen and oxygen atoms in total. The molecule has 21 heavy (non-hydrogen) atoms. The number of rotatable bonds is 4. The van der Waals surface area contributed by atoms with Crippen LogP contribution in [0.3, 0.4) is 0 Å². The van der Waals surface area contributed by atoms with Crippen LogP contribution >= 0.6 is 12.4 Å². The van der Waals surface area contributed by atoms with Gasteiger partial charge in [-0.1, -0.05) is 6.07 Å². The number of aromatic nitrogens is 2. The van der Waals surface area contributed by atoms with Crippen LogP contribution in [-0.4, -0.2) is 35.1 Å². The third-order valence-corrected chi connectivity index (χ3v) is 3.75. The van der Waals surface area contributed by atoms with E-state index >= 15 is 0 Å². The van der Waals surface area contributed by atoms with E-state index in [1.807, 2.05) is 17.7 Å². The van der Waals surface area contributed by atoms with Gasteiger partial charge in [0.15, 0.2) is 5.82 Å². The minimum absolute atomic E-state index is 0. The van der Waals surface area contributed by atoms with Crippen LogP contribution in [0, 0.1) is 11.7 Å². The molecule has 0 radical (unpaired) electrons. The fourth-order valence-electron chi connectivity index (χ4n) is 2.37. The standard InChI is InChI=1S/C14H17FN4O.ClH/c1-19-11-4-2-3-10(15)13(11)18-12(19)5-6-17-14(20)9-7-16-8-9;/h2-4,9,16H,5-8H2,1H3,(H,17,20);1H. The highest BCUT2D eigenvalue weighted by Gasteiger charge is 2.24. The zero-order chi connectivity index (χ0) is 14.1. The van der Waals surface area contributed by atoms with Crippen molar-refractivity contribution < 1.29 is 9.18 Å². The molecular formula is C14H18ClFN4O. The van der Waals surface area contributed by atoms with Crippen molar-refractivity contribution >= 4 is 29.3 Å². The molecule has 1 fully saturated rings. The van der Waals surface area contributed by atoms with Gasteiger partial charge in [0, 0.05) is 33.1 Å². The van der Waals surface area contributed by atoms with Gasteiger partial charge >= 0.3 is 0 Å². The van der Waals surface area contributed by atoms with E-state index in [0.29, 0.717) is 18.5 Å². The smallest absolute Gasteiger partial charge is 0.225 e. The van der Waals surface area contributed by atoms with Crippen LogP contribution in [0.15, 0.2) is 18.2 Å². The van der Waals surface area contributed by atoms with Crippen LogP contribution in [0.2, 0.25) is 0 Å². The maximum absolute atomic E-state index is 13.6. The number of carbonyl (C=O) groups is 1. The molecule has 114 valence electrons. The number of carbonyl (C=O) groups excluding carboxylic acids is 1. The summed E-state index contributed by atoms with van der Waals surface area (Å²) in [5.74, 6) is 0.632. The molecule has 2 heterocycles. The second-order valence-corrected chi connectivity index (χ2v) is 5.09. The van der Waals surface area contributed by atoms with E-state index in [1.165, 1.54) is 6.07 Å². The summed E-state index contributed by atoms with van der Waals surface area (Å²) < 4.78 is 15.5. The first kappa shape index (κ1) is 15.7. The number of halogens is 2. The Kier molecular flexibility index (Phi) is 4.80. The lowest BCUT2D eigenvalue weighted by molar-refractivity contribution is -0.126. The summed E-state index contributed by atoms with van der Waals surface area (Å²) in [4.78, 5) is 16.0. The highest BCUT2D eigenvalue weighted by Crippen LogP contribution is 2.18. The van der Waals surface area contributed by atoms with E-state index in [4.69, 9.17) is 0 Å². The van der Waals surface area contributed by atoms with Gasteiger partial charge in [0.1, 0.15) is 11.3 Å². The third kappa shape index (κ3) is 3.01. The maximum Gasteiger partial charge on any atom is 0.225 e. The number of hydrogen-bond acceptors (Lipinski definition) is 3. The number of para-hydroxylation sites is 1. The van der Waals surface area contributed by atoms with Crippen LogP contribution in [-0.2, 0) is 18.3 Å². The number of fused-ring (bicyclic) bond motifs is 1. The molecule has 1 aliphatic heterocycles. The number of nitrogens with one attached hydrogen (secondary N) is 2. The summed E-state index contributed by atoms with van der Waals surface area (Å²) in [5.41, 5.74) is 1.16. The normalized spacial score (nSPS) is 14.6. The molecule has 0 atom stereocenters. The molecule has 3 rings (SSSR count). The van der Waals surface area contributed by atoms with Crippen LogP contribution in [0.5, 0.6) is 0 Å². The van der Waals surface area contributed by atoms with Crippen molar-refractivity contribution in [3.05, 3.63) is 29.8 Å². The van der Waals surface area contributed by atoms with E-state index in [1.54, 1.807) is 6.07 Å². The molecule has 0 saturated carbocycles. The van der Waals surface area contributed by atoms with E-state index in [2.05, 4.69) is 15.6 Å². The fraction of sp³-hybridized carbons (Fsp3) is 0.429. The number of benzene rings is 1. The second-order valence-electron chi connectivity index (χ2n) is 5.09. The van der Waals surface area contributed by atoms with Gasteiger partial charge in [0.2, 0.25) is 5.91 Å². The van der Waals surface area contributed by atoms with Gasteiger partial charge in [-0.2, -0.15) is 0 Å². The Balaban J connectivity index is 0.00000161. The minimum atomic E-state index is -0.311. The first-order valence-corrected chi connectivity index (χ1v) is 6.75. The Bertz CT molecular complexity index is 654. The molecule has 1 aromatic carbocycles. The first-order chi connectivity index (χ1) is 9.66. The van der Waals surface area contributed by atoms with Gasteiger partial charge in [-0.3, -0.25) is 4.79 Å². The van der Waals surface area contributed by atoms with E-state index in [-0.39, 0.29) is 30.0 Å². The maximum atomic E-state index is 13.6. The van der Waals surface area contributed by atoms with Gasteiger partial charge in [0.25, 0.3) is 0 Å². The lowest BCUT2D eigenvalue weighted by Crippen LogP contribution is -2.51. The molecule has 0 aliphatic carbocycles. The molecule has 2 N–H and O–H groups in total. The van der Waals surface area contributed by atoms with Crippen molar-refractivity contribution in [2.24, 2.45) is 13.0 Å². The Labute approximate surface area is 128 Å². The zero-order valence-corrected chi connectivity index (χ0v) is 12.5. The number of nitrogens with zero attached hydrogens (tertiary/aromatic N) is 2. The second kappa shape index (κ2) is 6.41. The molecule has 7 heteroatoms. The number of imidazole rings is 1. The van der Waals surface area contributed by atoms with Gasteiger partial charge in [0.05, 0.1) is 11.4 Å². The molecule has 0 unspecified atom stereocenters. The summed E-state index contributed by atoms with van der Waals surface area (Å²) in [6, 6.07) is 4.92. The van der Waals surface area contributed by atoms with Gasteiger partial charge in [-0.25, -0.2) is 9.37 Å². The Morgan fingerprint density at radius 2 is 2.29 bits per heavy atom. The monoisotopic (exact) mass is 312 g/mol. The molecule has 1 aliphatic rings. The predicted molar refractivity (Wildman–Crippen MR) is 81.0 cm³/mol. The first-order valence-electron chi connectivity index (χ1n) is 6.75. The Morgan fingerprint density at radius 1 is 1.52 bits per heavy atom. The molecule has 1 saturated heterocycles. The van der Waals surface area contributed by atoms with E-state index in [9.17, 15) is 9.18 Å². The average Bonchev–Trinajstić information content (AvgIpc) is 2.67. The molecule has 1 amide bonds. The van der Waals surface area contributed by atoms with Crippen molar-refractivity contribution in [1.82, 2.24) is 20.2 Å². The summed E-state index contributed by atoms with van der Waals surface area (Å²) in [5, 5.41) is 5.96.